The minimum atomic E-state index is -0.445. The Balaban J connectivity index is 1.13. The molecule has 3 nitrogen and oxygen atoms in total. The molecular formula is C55H31N3S. The molecule has 2 aliphatic rings. The van der Waals surface area contributed by atoms with E-state index < -0.39 is 5.41 Å². The fourth-order valence-corrected chi connectivity index (χ4v) is 12.0. The highest BCUT2D eigenvalue weighted by molar-refractivity contribution is 7.26. The molecule has 0 N–H and O–H groups in total. The summed E-state index contributed by atoms with van der Waals surface area (Å²) >= 11 is 1.79. The molecule has 1 spiro atoms. The number of hydrogen-bond acceptors (Lipinski definition) is 3. The van der Waals surface area contributed by atoms with Crippen LogP contribution >= 0.6 is 11.3 Å². The Labute approximate surface area is 343 Å². The highest BCUT2D eigenvalue weighted by atomic mass is 32.1. The third kappa shape index (κ3) is 3.97. The van der Waals surface area contributed by atoms with Crippen molar-refractivity contribution in [2.75, 3.05) is 0 Å². The van der Waals surface area contributed by atoms with E-state index in [9.17, 15) is 0 Å². The van der Waals surface area contributed by atoms with Gasteiger partial charge in [0.1, 0.15) is 0 Å². The molecule has 0 aliphatic heterocycles. The van der Waals surface area contributed by atoms with Gasteiger partial charge in [-0.1, -0.05) is 164 Å². The number of fused-ring (bicyclic) bond motifs is 19. The van der Waals surface area contributed by atoms with Gasteiger partial charge in [-0.05, 0) is 90.3 Å². The lowest BCUT2D eigenvalue weighted by molar-refractivity contribution is 0.794. The second kappa shape index (κ2) is 11.4. The van der Waals surface area contributed by atoms with Crippen LogP contribution in [0.25, 0.3) is 103 Å². The standard InChI is InChI=1S/C55H31N3S/c1-2-16-34-31-47-41(30-33(34)15-1)50-35-17-4-3-14-32(35)28-29-46(50)58(47)54-56-51-39-21-8-12-27-48(39)59-53(51)52(57-54)40-22-13-26-45-49(40)38-20-7-11-25-44(38)55(45)42-23-9-5-18-36(42)37-19-6-10-24-43(37)55/h1-31H. The van der Waals surface area contributed by atoms with Gasteiger partial charge in [-0.25, -0.2) is 9.97 Å². The van der Waals surface area contributed by atoms with Crippen molar-refractivity contribution in [2.45, 2.75) is 5.41 Å². The molecule has 3 aromatic heterocycles. The van der Waals surface area contributed by atoms with E-state index in [1.54, 1.807) is 11.3 Å². The molecule has 59 heavy (non-hydrogen) atoms. The van der Waals surface area contributed by atoms with Crippen LogP contribution in [0.4, 0.5) is 0 Å². The van der Waals surface area contributed by atoms with E-state index in [-0.39, 0.29) is 0 Å². The SMILES string of the molecule is c1ccc2c(c1)-c1ccccc1C21c2ccccc2-c2c(-c3nc(-n4c5cc6ccccc6cc5c5c6ccccc6ccc54)nc4c3sc3ccccc34)cccc21. The molecular weight excluding hydrogens is 735 g/mol. The predicted octanol–water partition coefficient (Wildman–Crippen LogP) is 14.3. The van der Waals surface area contributed by atoms with Crippen LogP contribution in [0.5, 0.6) is 0 Å². The van der Waals surface area contributed by atoms with Crippen molar-refractivity contribution in [3.63, 3.8) is 0 Å². The molecule has 2 aliphatic carbocycles. The van der Waals surface area contributed by atoms with Crippen LogP contribution in [0.15, 0.2) is 188 Å². The molecule has 14 rings (SSSR count). The number of nitrogens with zero attached hydrogens (tertiary/aromatic N) is 3. The molecule has 0 saturated heterocycles. The molecule has 0 bridgehead atoms. The normalized spacial score (nSPS) is 13.6. The van der Waals surface area contributed by atoms with Crippen molar-refractivity contribution < 1.29 is 0 Å². The third-order valence-electron chi connectivity index (χ3n) is 13.2. The number of aromatic nitrogens is 3. The molecule has 272 valence electrons. The van der Waals surface area contributed by atoms with E-state index in [4.69, 9.17) is 9.97 Å². The Morgan fingerprint density at radius 3 is 1.80 bits per heavy atom. The minimum absolute atomic E-state index is 0.445. The maximum Gasteiger partial charge on any atom is 0.235 e. The van der Waals surface area contributed by atoms with Crippen LogP contribution in [0.3, 0.4) is 0 Å². The van der Waals surface area contributed by atoms with Gasteiger partial charge in [0.25, 0.3) is 0 Å². The van der Waals surface area contributed by atoms with Gasteiger partial charge in [-0.3, -0.25) is 4.57 Å². The molecule has 0 radical (unpaired) electrons. The summed E-state index contributed by atoms with van der Waals surface area (Å²) in [5, 5.41) is 8.43. The number of benzene rings is 9. The molecule has 0 amide bonds. The van der Waals surface area contributed by atoms with Crippen LogP contribution in [0, 0.1) is 0 Å². The largest absolute Gasteiger partial charge is 0.278 e. The maximum absolute atomic E-state index is 5.79. The van der Waals surface area contributed by atoms with Crippen LogP contribution in [-0.4, -0.2) is 14.5 Å². The summed E-state index contributed by atoms with van der Waals surface area (Å²) in [4.78, 5) is 11.4. The zero-order valence-corrected chi connectivity index (χ0v) is 32.5. The Kier molecular flexibility index (Phi) is 6.10. The summed E-state index contributed by atoms with van der Waals surface area (Å²) in [6.45, 7) is 0. The first-order valence-electron chi connectivity index (χ1n) is 20.2. The molecule has 4 heteroatoms. The number of hydrogen-bond donors (Lipinski definition) is 0. The van der Waals surface area contributed by atoms with Gasteiger partial charge < -0.3 is 0 Å². The quantitative estimate of drug-likeness (QED) is 0.175. The summed E-state index contributed by atoms with van der Waals surface area (Å²) in [6, 6.07) is 69.3. The monoisotopic (exact) mass is 765 g/mol. The summed E-state index contributed by atoms with van der Waals surface area (Å²) < 4.78 is 4.63. The van der Waals surface area contributed by atoms with E-state index in [0.717, 1.165) is 37.9 Å². The van der Waals surface area contributed by atoms with E-state index in [0.29, 0.717) is 5.95 Å². The van der Waals surface area contributed by atoms with Gasteiger partial charge in [0.05, 0.1) is 32.4 Å². The summed E-state index contributed by atoms with van der Waals surface area (Å²) in [5.74, 6) is 0.678. The van der Waals surface area contributed by atoms with Crippen molar-refractivity contribution in [1.82, 2.24) is 14.5 Å². The molecule has 3 heterocycles. The zero-order chi connectivity index (χ0) is 38.4. The van der Waals surface area contributed by atoms with Gasteiger partial charge in [-0.2, -0.15) is 0 Å². The van der Waals surface area contributed by atoms with Gasteiger partial charge in [0.15, 0.2) is 0 Å². The third-order valence-corrected chi connectivity index (χ3v) is 14.4. The maximum atomic E-state index is 5.79. The van der Waals surface area contributed by atoms with E-state index in [2.05, 4.69) is 193 Å². The van der Waals surface area contributed by atoms with Crippen molar-refractivity contribution in [3.8, 4) is 39.5 Å². The highest BCUT2D eigenvalue weighted by Gasteiger charge is 2.52. The Hall–Kier alpha value is -7.40. The molecule has 0 fully saturated rings. The Morgan fingerprint density at radius 1 is 0.424 bits per heavy atom. The van der Waals surface area contributed by atoms with E-state index in [1.165, 1.54) is 81.5 Å². The number of thiophene rings is 1. The predicted molar refractivity (Wildman–Crippen MR) is 246 cm³/mol. The Morgan fingerprint density at radius 2 is 1.02 bits per heavy atom. The fourth-order valence-electron chi connectivity index (χ4n) is 10.9. The topological polar surface area (TPSA) is 30.7 Å². The Bertz CT molecular complexity index is 3770. The van der Waals surface area contributed by atoms with Gasteiger partial charge >= 0.3 is 0 Å². The lowest BCUT2D eigenvalue weighted by atomic mass is 9.70. The van der Waals surface area contributed by atoms with Crippen molar-refractivity contribution in [1.29, 1.82) is 0 Å². The zero-order valence-electron chi connectivity index (χ0n) is 31.6. The van der Waals surface area contributed by atoms with Crippen molar-refractivity contribution in [2.24, 2.45) is 0 Å². The van der Waals surface area contributed by atoms with Gasteiger partial charge in [0, 0.05) is 26.4 Å². The first-order chi connectivity index (χ1) is 29.3. The van der Waals surface area contributed by atoms with Crippen LogP contribution < -0.4 is 0 Å². The smallest absolute Gasteiger partial charge is 0.235 e. The van der Waals surface area contributed by atoms with Gasteiger partial charge in [0.2, 0.25) is 5.95 Å². The minimum Gasteiger partial charge on any atom is -0.278 e. The second-order valence-corrected chi connectivity index (χ2v) is 17.0. The van der Waals surface area contributed by atoms with Crippen molar-refractivity contribution >= 4 is 75.0 Å². The van der Waals surface area contributed by atoms with E-state index >= 15 is 0 Å². The summed E-state index contributed by atoms with van der Waals surface area (Å²) in [6.07, 6.45) is 0. The molecule has 9 aromatic carbocycles. The second-order valence-electron chi connectivity index (χ2n) is 16.0. The van der Waals surface area contributed by atoms with Gasteiger partial charge in [-0.15, -0.1) is 11.3 Å². The molecule has 0 atom stereocenters. The lowest BCUT2D eigenvalue weighted by Crippen LogP contribution is -2.25. The lowest BCUT2D eigenvalue weighted by Gasteiger charge is -2.30. The highest BCUT2D eigenvalue weighted by Crippen LogP contribution is 2.64. The fraction of sp³-hybridized carbons (Fsp3) is 0.0182. The summed E-state index contributed by atoms with van der Waals surface area (Å²) in [7, 11) is 0. The van der Waals surface area contributed by atoms with Crippen molar-refractivity contribution in [3.05, 3.63) is 210 Å². The molecule has 0 saturated carbocycles. The van der Waals surface area contributed by atoms with Crippen LogP contribution in [0.2, 0.25) is 0 Å². The average molecular weight is 766 g/mol. The molecule has 12 aromatic rings. The first kappa shape index (κ1) is 31.7. The average Bonchev–Trinajstić information content (AvgIpc) is 4.02. The summed E-state index contributed by atoms with van der Waals surface area (Å²) in [5.41, 5.74) is 15.2. The molecule has 0 unspecified atom stereocenters. The first-order valence-corrected chi connectivity index (χ1v) is 21.1. The van der Waals surface area contributed by atoms with E-state index in [1.807, 2.05) is 0 Å². The number of rotatable bonds is 2. The van der Waals surface area contributed by atoms with Crippen LogP contribution in [0.1, 0.15) is 22.3 Å². The van der Waals surface area contributed by atoms with Crippen LogP contribution in [-0.2, 0) is 5.41 Å².